The van der Waals surface area contributed by atoms with E-state index in [4.69, 9.17) is 0 Å². The number of hydrogen-bond donors (Lipinski definition) is 1. The molecule has 2 aromatic heterocycles. The Balaban J connectivity index is 2.30. The monoisotopic (exact) mass is 281 g/mol. The van der Waals surface area contributed by atoms with Crippen LogP contribution in [-0.4, -0.2) is 19.7 Å². The molecule has 5 nitrogen and oxygen atoms in total. The molecule has 2 rings (SSSR count). The summed E-state index contributed by atoms with van der Waals surface area (Å²) in [7, 11) is 1.89. The lowest BCUT2D eigenvalue weighted by molar-refractivity contribution is 0.756. The molecule has 0 aliphatic rings. The molecule has 0 fully saturated rings. The molecule has 0 unspecified atom stereocenters. The van der Waals surface area contributed by atoms with E-state index < -0.39 is 0 Å². The number of nitrogens with one attached hydrogen (secondary N) is 1. The Morgan fingerprint density at radius 2 is 2.06 bits per heavy atom. The van der Waals surface area contributed by atoms with Gasteiger partial charge < -0.3 is 5.32 Å². The zero-order valence-electron chi connectivity index (χ0n) is 9.32. The summed E-state index contributed by atoms with van der Waals surface area (Å²) >= 11 is 3.34. The van der Waals surface area contributed by atoms with Crippen molar-refractivity contribution < 1.29 is 0 Å². The van der Waals surface area contributed by atoms with Crippen molar-refractivity contribution in [3.63, 3.8) is 0 Å². The molecule has 0 aliphatic heterocycles. The lowest BCUT2D eigenvalue weighted by Crippen LogP contribution is -1.97. The van der Waals surface area contributed by atoms with Gasteiger partial charge in [0.25, 0.3) is 0 Å². The van der Waals surface area contributed by atoms with Crippen molar-refractivity contribution in [1.82, 2.24) is 19.7 Å². The van der Waals surface area contributed by atoms with E-state index in [2.05, 4.69) is 36.3 Å². The number of halogens is 1. The van der Waals surface area contributed by atoms with Gasteiger partial charge in [-0.05, 0) is 29.8 Å². The van der Waals surface area contributed by atoms with Crippen molar-refractivity contribution >= 4 is 27.4 Å². The first-order valence-corrected chi connectivity index (χ1v) is 5.62. The fraction of sp³-hybridized carbons (Fsp3) is 0.300. The van der Waals surface area contributed by atoms with E-state index in [0.717, 1.165) is 27.6 Å². The summed E-state index contributed by atoms with van der Waals surface area (Å²) in [6.45, 7) is 3.80. The summed E-state index contributed by atoms with van der Waals surface area (Å²) in [6, 6.07) is 1.83. The van der Waals surface area contributed by atoms with Crippen molar-refractivity contribution in [3.8, 4) is 0 Å². The third-order valence-corrected chi connectivity index (χ3v) is 2.49. The predicted molar refractivity (Wildman–Crippen MR) is 65.7 cm³/mol. The van der Waals surface area contributed by atoms with Crippen molar-refractivity contribution in [1.29, 1.82) is 0 Å². The second kappa shape index (κ2) is 4.21. The Kier molecular flexibility index (Phi) is 2.91. The van der Waals surface area contributed by atoms with Gasteiger partial charge in [0.2, 0.25) is 0 Å². The Hall–Kier alpha value is -1.43. The number of aryl methyl sites for hydroxylation is 3. The number of anilines is 2. The first-order chi connectivity index (χ1) is 7.54. The zero-order chi connectivity index (χ0) is 11.7. The first-order valence-electron chi connectivity index (χ1n) is 4.83. The second-order valence-electron chi connectivity index (χ2n) is 3.55. The van der Waals surface area contributed by atoms with E-state index in [1.165, 1.54) is 0 Å². The Morgan fingerprint density at radius 3 is 2.62 bits per heavy atom. The maximum atomic E-state index is 4.29. The molecule has 0 saturated carbocycles. The standard InChI is InChI=1S/C10H12BrN5/c1-6-8(5-16(3)15-6)14-10-4-9(11)12-7(2)13-10/h4-5H,1-3H3,(H,12,13,14). The minimum Gasteiger partial charge on any atom is -0.337 e. The second-order valence-corrected chi connectivity index (χ2v) is 4.36. The minimum atomic E-state index is 0.721. The molecule has 0 radical (unpaired) electrons. The van der Waals surface area contributed by atoms with Crippen LogP contribution in [0.25, 0.3) is 0 Å². The first kappa shape index (κ1) is 11.1. The van der Waals surface area contributed by atoms with Crippen molar-refractivity contribution in [2.75, 3.05) is 5.32 Å². The van der Waals surface area contributed by atoms with E-state index in [-0.39, 0.29) is 0 Å². The molecule has 0 atom stereocenters. The predicted octanol–water partition coefficient (Wildman–Crippen LogP) is 2.33. The molecule has 0 spiro atoms. The fourth-order valence-electron chi connectivity index (χ4n) is 1.46. The number of aromatic nitrogens is 4. The van der Waals surface area contributed by atoms with Gasteiger partial charge in [0.05, 0.1) is 11.4 Å². The highest BCUT2D eigenvalue weighted by Crippen LogP contribution is 2.19. The molecular formula is C10H12BrN5. The van der Waals surface area contributed by atoms with Crippen molar-refractivity contribution in [3.05, 3.63) is 28.4 Å². The summed E-state index contributed by atoms with van der Waals surface area (Å²) in [5.41, 5.74) is 1.89. The van der Waals surface area contributed by atoms with Crippen LogP contribution >= 0.6 is 15.9 Å². The molecule has 2 aromatic rings. The van der Waals surface area contributed by atoms with Crippen LogP contribution in [0.3, 0.4) is 0 Å². The Morgan fingerprint density at radius 1 is 1.31 bits per heavy atom. The minimum absolute atomic E-state index is 0.721. The van der Waals surface area contributed by atoms with Crippen LogP contribution in [0.2, 0.25) is 0 Å². The normalized spacial score (nSPS) is 10.5. The van der Waals surface area contributed by atoms with Crippen molar-refractivity contribution in [2.24, 2.45) is 7.05 Å². The molecule has 0 aliphatic carbocycles. The summed E-state index contributed by atoms with van der Waals surface area (Å²) in [6.07, 6.45) is 1.92. The SMILES string of the molecule is Cc1nc(Br)cc(Nc2cn(C)nc2C)n1. The topological polar surface area (TPSA) is 55.6 Å². The van der Waals surface area contributed by atoms with E-state index in [1.807, 2.05) is 33.2 Å². The highest BCUT2D eigenvalue weighted by molar-refractivity contribution is 9.10. The highest BCUT2D eigenvalue weighted by atomic mass is 79.9. The Labute approximate surface area is 102 Å². The molecular weight excluding hydrogens is 270 g/mol. The number of hydrogen-bond acceptors (Lipinski definition) is 4. The van der Waals surface area contributed by atoms with E-state index in [1.54, 1.807) is 4.68 Å². The summed E-state index contributed by atoms with van der Waals surface area (Å²) in [4.78, 5) is 8.44. The van der Waals surface area contributed by atoms with Gasteiger partial charge in [0, 0.05) is 19.3 Å². The van der Waals surface area contributed by atoms with Gasteiger partial charge in [-0.15, -0.1) is 0 Å². The van der Waals surface area contributed by atoms with E-state index in [9.17, 15) is 0 Å². The average molecular weight is 282 g/mol. The molecule has 16 heavy (non-hydrogen) atoms. The van der Waals surface area contributed by atoms with Crippen LogP contribution in [0.4, 0.5) is 11.5 Å². The highest BCUT2D eigenvalue weighted by Gasteiger charge is 2.05. The molecule has 1 N–H and O–H groups in total. The molecule has 0 saturated heterocycles. The van der Waals surface area contributed by atoms with E-state index in [0.29, 0.717) is 0 Å². The van der Waals surface area contributed by atoms with E-state index >= 15 is 0 Å². The van der Waals surface area contributed by atoms with Gasteiger partial charge in [-0.25, -0.2) is 9.97 Å². The third-order valence-electron chi connectivity index (χ3n) is 2.08. The molecule has 6 heteroatoms. The van der Waals surface area contributed by atoms with Crippen LogP contribution in [0.15, 0.2) is 16.9 Å². The maximum absolute atomic E-state index is 4.29. The van der Waals surface area contributed by atoms with Gasteiger partial charge >= 0.3 is 0 Å². The Bertz CT molecular complexity index is 500. The van der Waals surface area contributed by atoms with Gasteiger partial charge in [-0.3, -0.25) is 4.68 Å². The average Bonchev–Trinajstić information content (AvgIpc) is 2.43. The third kappa shape index (κ3) is 2.38. The van der Waals surface area contributed by atoms with Crippen LogP contribution < -0.4 is 5.32 Å². The fourth-order valence-corrected chi connectivity index (χ4v) is 1.93. The van der Waals surface area contributed by atoms with Gasteiger partial charge in [-0.1, -0.05) is 0 Å². The molecule has 84 valence electrons. The smallest absolute Gasteiger partial charge is 0.135 e. The summed E-state index contributed by atoms with van der Waals surface area (Å²) in [5.74, 6) is 1.48. The van der Waals surface area contributed by atoms with Gasteiger partial charge in [0.1, 0.15) is 16.2 Å². The van der Waals surface area contributed by atoms with Crippen LogP contribution in [-0.2, 0) is 7.05 Å². The molecule has 0 bridgehead atoms. The molecule has 2 heterocycles. The molecule has 0 amide bonds. The lowest BCUT2D eigenvalue weighted by atomic mass is 10.4. The molecule has 0 aromatic carbocycles. The largest absolute Gasteiger partial charge is 0.337 e. The van der Waals surface area contributed by atoms with Crippen LogP contribution in [0.1, 0.15) is 11.5 Å². The quantitative estimate of drug-likeness (QED) is 0.859. The van der Waals surface area contributed by atoms with Gasteiger partial charge in [-0.2, -0.15) is 5.10 Å². The number of rotatable bonds is 2. The summed E-state index contributed by atoms with van der Waals surface area (Å²) in [5, 5.41) is 7.46. The van der Waals surface area contributed by atoms with Gasteiger partial charge in [0.15, 0.2) is 0 Å². The van der Waals surface area contributed by atoms with Crippen LogP contribution in [0.5, 0.6) is 0 Å². The lowest BCUT2D eigenvalue weighted by Gasteiger charge is -2.04. The van der Waals surface area contributed by atoms with Crippen molar-refractivity contribution in [2.45, 2.75) is 13.8 Å². The summed E-state index contributed by atoms with van der Waals surface area (Å²) < 4.78 is 2.53. The zero-order valence-corrected chi connectivity index (χ0v) is 10.9. The number of nitrogens with zero attached hydrogens (tertiary/aromatic N) is 4. The maximum Gasteiger partial charge on any atom is 0.135 e. The van der Waals surface area contributed by atoms with Crippen LogP contribution in [0, 0.1) is 13.8 Å².